The quantitative estimate of drug-likeness (QED) is 0.368. The first kappa shape index (κ1) is 23.7. The number of aliphatic imine (C=N–C) groups is 1. The molecule has 1 amide bonds. The summed E-state index contributed by atoms with van der Waals surface area (Å²) >= 11 is 0. The first-order chi connectivity index (χ1) is 11.0. The van der Waals surface area contributed by atoms with Gasteiger partial charge in [-0.3, -0.25) is 9.79 Å². The lowest BCUT2D eigenvalue weighted by atomic mass is 9.87. The predicted octanol–water partition coefficient (Wildman–Crippen LogP) is 3.18. The fraction of sp³-hybridized carbons (Fsp3) is 0.579. The van der Waals surface area contributed by atoms with Gasteiger partial charge >= 0.3 is 0 Å². The smallest absolute Gasteiger partial charge is 0.239 e. The van der Waals surface area contributed by atoms with Gasteiger partial charge < -0.3 is 16.0 Å². The minimum Gasteiger partial charge on any atom is -0.352 e. The molecule has 0 unspecified atom stereocenters. The van der Waals surface area contributed by atoms with Crippen LogP contribution in [0.15, 0.2) is 29.3 Å². The maximum Gasteiger partial charge on any atom is 0.239 e. The highest BCUT2D eigenvalue weighted by Crippen LogP contribution is 2.22. The molecule has 0 atom stereocenters. The van der Waals surface area contributed by atoms with Crippen LogP contribution < -0.4 is 16.0 Å². The van der Waals surface area contributed by atoms with Crippen molar-refractivity contribution in [3.05, 3.63) is 35.4 Å². The van der Waals surface area contributed by atoms with E-state index in [9.17, 15) is 4.79 Å². The Kier molecular flexibility index (Phi) is 9.47. The fourth-order valence-electron chi connectivity index (χ4n) is 2.16. The van der Waals surface area contributed by atoms with Crippen LogP contribution in [0, 0.1) is 0 Å². The molecule has 1 aromatic rings. The molecule has 0 spiro atoms. The van der Waals surface area contributed by atoms with Crippen molar-refractivity contribution in [2.24, 2.45) is 4.99 Å². The summed E-state index contributed by atoms with van der Waals surface area (Å²) in [5.41, 5.74) is 2.41. The Morgan fingerprint density at radius 3 is 2.00 bits per heavy atom. The normalized spacial score (nSPS) is 12.2. The first-order valence-electron chi connectivity index (χ1n) is 8.36. The molecule has 0 saturated heterocycles. The van der Waals surface area contributed by atoms with E-state index in [0.29, 0.717) is 12.5 Å². The molecule has 3 N–H and O–H groups in total. The lowest BCUT2D eigenvalue weighted by Gasteiger charge is -2.21. The van der Waals surface area contributed by atoms with Crippen molar-refractivity contribution in [3.63, 3.8) is 0 Å². The second-order valence-corrected chi connectivity index (χ2v) is 8.02. The van der Waals surface area contributed by atoms with E-state index >= 15 is 0 Å². The second-order valence-electron chi connectivity index (χ2n) is 8.02. The Bertz CT molecular complexity index is 569. The monoisotopic (exact) mass is 460 g/mol. The molecule has 0 heterocycles. The minimum atomic E-state index is -0.232. The maximum atomic E-state index is 11.8. The molecule has 0 radical (unpaired) electrons. The average Bonchev–Trinajstić information content (AvgIpc) is 2.45. The topological polar surface area (TPSA) is 65.5 Å². The van der Waals surface area contributed by atoms with Gasteiger partial charge in [0.2, 0.25) is 5.91 Å². The van der Waals surface area contributed by atoms with E-state index in [1.54, 1.807) is 7.05 Å². The molecule has 1 aromatic carbocycles. The van der Waals surface area contributed by atoms with Gasteiger partial charge in [-0.1, -0.05) is 45.0 Å². The van der Waals surface area contributed by atoms with E-state index < -0.39 is 0 Å². The zero-order chi connectivity index (χ0) is 18.4. The number of hydrogen-bond acceptors (Lipinski definition) is 2. The van der Waals surface area contributed by atoms with E-state index in [-0.39, 0.29) is 47.4 Å². The highest BCUT2D eigenvalue weighted by Gasteiger charge is 2.14. The number of nitrogens with zero attached hydrogens (tertiary/aromatic N) is 1. The van der Waals surface area contributed by atoms with Crippen LogP contribution in [0.4, 0.5) is 0 Å². The summed E-state index contributed by atoms with van der Waals surface area (Å²) in [7, 11) is 1.69. The summed E-state index contributed by atoms with van der Waals surface area (Å²) in [5.74, 6) is 0.555. The lowest BCUT2D eigenvalue weighted by molar-refractivity contribution is -0.121. The number of carbonyl (C=O) groups excluding carboxylic acids is 1. The molecule has 1 rings (SSSR count). The van der Waals surface area contributed by atoms with E-state index in [1.165, 1.54) is 11.1 Å². The van der Waals surface area contributed by atoms with Crippen molar-refractivity contribution in [1.82, 2.24) is 16.0 Å². The van der Waals surface area contributed by atoms with Crippen molar-refractivity contribution in [3.8, 4) is 0 Å². The second kappa shape index (κ2) is 9.99. The minimum absolute atomic E-state index is 0. The number of guanidine groups is 1. The summed E-state index contributed by atoms with van der Waals surface area (Å²) in [6.45, 7) is 13.3. The summed E-state index contributed by atoms with van der Waals surface area (Å²) < 4.78 is 0. The molecule has 0 aliphatic heterocycles. The van der Waals surface area contributed by atoms with E-state index in [4.69, 9.17) is 0 Å². The van der Waals surface area contributed by atoms with Gasteiger partial charge in [0.05, 0.1) is 6.54 Å². The van der Waals surface area contributed by atoms with Crippen LogP contribution in [0.1, 0.15) is 52.7 Å². The Labute approximate surface area is 169 Å². The molecule has 0 aromatic heterocycles. The zero-order valence-corrected chi connectivity index (χ0v) is 18.8. The lowest BCUT2D eigenvalue weighted by Crippen LogP contribution is -2.48. The Morgan fingerprint density at radius 1 is 1.00 bits per heavy atom. The molecule has 142 valence electrons. The maximum absolute atomic E-state index is 11.8. The van der Waals surface area contributed by atoms with Gasteiger partial charge in [0, 0.05) is 19.1 Å². The molecular weight excluding hydrogens is 427 g/mol. The van der Waals surface area contributed by atoms with Gasteiger partial charge in [-0.15, -0.1) is 24.0 Å². The summed E-state index contributed by atoms with van der Waals surface area (Å²) in [6, 6.07) is 8.55. The number of carbonyl (C=O) groups is 1. The molecule has 0 bridgehead atoms. The Hall–Kier alpha value is -1.31. The Morgan fingerprint density at radius 2 is 1.56 bits per heavy atom. The van der Waals surface area contributed by atoms with Crippen LogP contribution in [0.25, 0.3) is 0 Å². The van der Waals surface area contributed by atoms with Crippen molar-refractivity contribution in [1.29, 1.82) is 0 Å². The number of benzene rings is 1. The molecular formula is C19H33IN4O. The third-order valence-corrected chi connectivity index (χ3v) is 3.43. The van der Waals surface area contributed by atoms with Crippen LogP contribution in [0.3, 0.4) is 0 Å². The number of rotatable bonds is 4. The van der Waals surface area contributed by atoms with E-state index in [0.717, 1.165) is 0 Å². The van der Waals surface area contributed by atoms with Crippen LogP contribution in [0.2, 0.25) is 0 Å². The first-order valence-corrected chi connectivity index (χ1v) is 8.36. The average molecular weight is 460 g/mol. The third-order valence-electron chi connectivity index (χ3n) is 3.43. The fourth-order valence-corrected chi connectivity index (χ4v) is 2.16. The standard InChI is InChI=1S/C19H32N4O.HI/c1-18(2,3)15-10-8-14(9-11-15)12-21-17(20-7)22-13-16(24)23-19(4,5)6;/h8-11H,12-13H2,1-7H3,(H,23,24)(H2,20,21,22);1H. The summed E-state index contributed by atoms with van der Waals surface area (Å²) in [6.07, 6.45) is 0. The SMILES string of the molecule is CN=C(NCC(=O)NC(C)(C)C)NCc1ccc(C(C)(C)C)cc1.I. The zero-order valence-electron chi connectivity index (χ0n) is 16.5. The van der Waals surface area contributed by atoms with Gasteiger partial charge in [-0.25, -0.2) is 0 Å². The molecule has 0 aliphatic carbocycles. The summed E-state index contributed by atoms with van der Waals surface area (Å²) in [4.78, 5) is 16.0. The van der Waals surface area contributed by atoms with Crippen LogP contribution in [-0.2, 0) is 16.8 Å². The van der Waals surface area contributed by atoms with Gasteiger partial charge in [-0.05, 0) is 37.3 Å². The number of halogens is 1. The number of hydrogen-bond donors (Lipinski definition) is 3. The molecule has 0 aliphatic rings. The molecule has 25 heavy (non-hydrogen) atoms. The van der Waals surface area contributed by atoms with Crippen LogP contribution in [-0.4, -0.2) is 31.0 Å². The number of amides is 1. The van der Waals surface area contributed by atoms with Crippen molar-refractivity contribution >= 4 is 35.8 Å². The largest absolute Gasteiger partial charge is 0.352 e. The van der Waals surface area contributed by atoms with E-state index in [1.807, 2.05) is 20.8 Å². The van der Waals surface area contributed by atoms with Crippen LogP contribution >= 0.6 is 24.0 Å². The third kappa shape index (κ3) is 9.67. The van der Waals surface area contributed by atoms with Gasteiger partial charge in [-0.2, -0.15) is 0 Å². The van der Waals surface area contributed by atoms with Crippen molar-refractivity contribution in [2.75, 3.05) is 13.6 Å². The summed E-state index contributed by atoms with van der Waals surface area (Å²) in [5, 5.41) is 9.15. The van der Waals surface area contributed by atoms with Gasteiger partial charge in [0.15, 0.2) is 5.96 Å². The molecule has 0 fully saturated rings. The van der Waals surface area contributed by atoms with Crippen LogP contribution in [0.5, 0.6) is 0 Å². The molecule has 6 heteroatoms. The highest BCUT2D eigenvalue weighted by molar-refractivity contribution is 14.0. The highest BCUT2D eigenvalue weighted by atomic mass is 127. The predicted molar refractivity (Wildman–Crippen MR) is 117 cm³/mol. The van der Waals surface area contributed by atoms with Crippen molar-refractivity contribution < 1.29 is 4.79 Å². The van der Waals surface area contributed by atoms with E-state index in [2.05, 4.69) is 66.0 Å². The molecule has 0 saturated carbocycles. The van der Waals surface area contributed by atoms with Gasteiger partial charge in [0.25, 0.3) is 0 Å². The Balaban J connectivity index is 0.00000576. The molecule has 5 nitrogen and oxygen atoms in total. The van der Waals surface area contributed by atoms with Gasteiger partial charge in [0.1, 0.15) is 0 Å². The van der Waals surface area contributed by atoms with Crippen molar-refractivity contribution in [2.45, 2.75) is 59.0 Å². The number of nitrogens with one attached hydrogen (secondary N) is 3.